The van der Waals surface area contributed by atoms with Gasteiger partial charge in [0.15, 0.2) is 11.5 Å². The van der Waals surface area contributed by atoms with Crippen LogP contribution in [0.2, 0.25) is 5.15 Å². The number of benzene rings is 2. The Morgan fingerprint density at radius 3 is 2.65 bits per heavy atom. The van der Waals surface area contributed by atoms with Crippen LogP contribution in [-0.2, 0) is 0 Å². The summed E-state index contributed by atoms with van der Waals surface area (Å²) in [5.74, 6) is 2.28. The highest BCUT2D eigenvalue weighted by Gasteiger charge is 2.14. The van der Waals surface area contributed by atoms with Crippen molar-refractivity contribution in [1.82, 2.24) is 4.98 Å². The fraction of sp³-hybridized carbons (Fsp3) is 0.167. The molecule has 1 aromatic heterocycles. The second-order valence-corrected chi connectivity index (χ2v) is 5.60. The summed E-state index contributed by atoms with van der Waals surface area (Å²) in [4.78, 5) is 4.50. The number of pyridine rings is 1. The van der Waals surface area contributed by atoms with E-state index in [1.54, 1.807) is 7.11 Å². The third-order valence-corrected chi connectivity index (χ3v) is 4.12. The van der Waals surface area contributed by atoms with Gasteiger partial charge in [0.2, 0.25) is 0 Å². The quantitative estimate of drug-likeness (QED) is 0.657. The van der Waals surface area contributed by atoms with Gasteiger partial charge in [0.25, 0.3) is 0 Å². The number of aromatic nitrogens is 1. The van der Waals surface area contributed by atoms with Crippen molar-refractivity contribution in [2.75, 3.05) is 20.3 Å². The van der Waals surface area contributed by atoms with Gasteiger partial charge in [-0.15, -0.1) is 0 Å². The molecule has 3 aromatic rings. The van der Waals surface area contributed by atoms with Crippen LogP contribution in [0.1, 0.15) is 0 Å². The Morgan fingerprint density at radius 1 is 1.00 bits per heavy atom. The fourth-order valence-electron chi connectivity index (χ4n) is 2.67. The number of ether oxygens (including phenoxy) is 3. The zero-order valence-electron chi connectivity index (χ0n) is 12.5. The molecule has 0 saturated heterocycles. The Morgan fingerprint density at radius 2 is 1.83 bits per heavy atom. The summed E-state index contributed by atoms with van der Waals surface area (Å²) in [6.45, 7) is 1.13. The predicted octanol–water partition coefficient (Wildman–Crippen LogP) is 4.34. The summed E-state index contributed by atoms with van der Waals surface area (Å²) in [7, 11) is 1.64. The molecule has 116 valence electrons. The van der Waals surface area contributed by atoms with E-state index < -0.39 is 0 Å². The van der Waals surface area contributed by atoms with Crippen molar-refractivity contribution in [3.63, 3.8) is 0 Å². The summed E-state index contributed by atoms with van der Waals surface area (Å²) in [6, 6.07) is 13.5. The van der Waals surface area contributed by atoms with Crippen molar-refractivity contribution < 1.29 is 14.2 Å². The van der Waals surface area contributed by atoms with Crippen molar-refractivity contribution in [3.05, 3.63) is 47.6 Å². The number of rotatable bonds is 2. The molecule has 5 heteroatoms. The van der Waals surface area contributed by atoms with E-state index in [4.69, 9.17) is 25.8 Å². The first-order valence-electron chi connectivity index (χ1n) is 7.29. The molecule has 1 aliphatic rings. The maximum atomic E-state index is 6.34. The molecule has 23 heavy (non-hydrogen) atoms. The van der Waals surface area contributed by atoms with E-state index in [1.165, 1.54) is 0 Å². The Kier molecular flexibility index (Phi) is 3.46. The summed E-state index contributed by atoms with van der Waals surface area (Å²) in [5.41, 5.74) is 1.72. The first kappa shape index (κ1) is 14.2. The molecule has 0 radical (unpaired) electrons. The fourth-order valence-corrected chi connectivity index (χ4v) is 2.93. The predicted molar refractivity (Wildman–Crippen MR) is 89.7 cm³/mol. The van der Waals surface area contributed by atoms with E-state index in [9.17, 15) is 0 Å². The van der Waals surface area contributed by atoms with Crippen molar-refractivity contribution in [2.45, 2.75) is 0 Å². The highest BCUT2D eigenvalue weighted by Crippen LogP contribution is 2.36. The number of nitrogens with zero attached hydrogens (tertiary/aromatic N) is 1. The maximum Gasteiger partial charge on any atom is 0.162 e. The third kappa shape index (κ3) is 2.55. The van der Waals surface area contributed by atoms with Crippen molar-refractivity contribution in [2.24, 2.45) is 0 Å². The van der Waals surface area contributed by atoms with Gasteiger partial charge in [0, 0.05) is 10.9 Å². The second kappa shape index (κ2) is 5.63. The minimum Gasteiger partial charge on any atom is -0.497 e. The van der Waals surface area contributed by atoms with Crippen molar-refractivity contribution in [1.29, 1.82) is 0 Å². The van der Waals surface area contributed by atoms with E-state index in [-0.39, 0.29) is 0 Å². The lowest BCUT2D eigenvalue weighted by molar-refractivity contribution is 0.171. The molecule has 2 aromatic carbocycles. The number of methoxy groups -OCH3 is 1. The molecule has 2 heterocycles. The highest BCUT2D eigenvalue weighted by molar-refractivity contribution is 6.34. The SMILES string of the molecule is COc1ccc2c(Cl)nc(-c3ccc4c(c3)OCCO4)cc2c1. The number of hydrogen-bond acceptors (Lipinski definition) is 4. The molecule has 0 atom stereocenters. The maximum absolute atomic E-state index is 6.34. The summed E-state index contributed by atoms with van der Waals surface area (Å²) in [5, 5.41) is 2.35. The minimum absolute atomic E-state index is 0.468. The Balaban J connectivity index is 1.85. The molecular formula is C18H14ClNO3. The van der Waals surface area contributed by atoms with Gasteiger partial charge in [-0.1, -0.05) is 11.6 Å². The molecule has 0 N–H and O–H groups in total. The number of halogens is 1. The topological polar surface area (TPSA) is 40.6 Å². The summed E-state index contributed by atoms with van der Waals surface area (Å²) >= 11 is 6.34. The van der Waals surface area contributed by atoms with Gasteiger partial charge in [-0.3, -0.25) is 0 Å². The number of fused-ring (bicyclic) bond motifs is 2. The molecule has 4 nitrogen and oxygen atoms in total. The number of hydrogen-bond donors (Lipinski definition) is 0. The zero-order chi connectivity index (χ0) is 15.8. The Hall–Kier alpha value is -2.46. The van der Waals surface area contributed by atoms with Crippen LogP contribution in [0.5, 0.6) is 17.2 Å². The lowest BCUT2D eigenvalue weighted by Crippen LogP contribution is -2.15. The van der Waals surface area contributed by atoms with Crippen LogP contribution in [0.25, 0.3) is 22.0 Å². The Bertz CT molecular complexity index is 895. The Labute approximate surface area is 138 Å². The molecule has 0 unspecified atom stereocenters. The van der Waals surface area contributed by atoms with Gasteiger partial charge in [-0.25, -0.2) is 4.98 Å². The lowest BCUT2D eigenvalue weighted by Gasteiger charge is -2.18. The van der Waals surface area contributed by atoms with E-state index in [2.05, 4.69) is 4.98 Å². The highest BCUT2D eigenvalue weighted by atomic mass is 35.5. The van der Waals surface area contributed by atoms with Gasteiger partial charge >= 0.3 is 0 Å². The standard InChI is InChI=1S/C18H14ClNO3/c1-21-13-3-4-14-12(8-13)9-15(20-18(14)19)11-2-5-16-17(10-11)23-7-6-22-16/h2-5,8-10H,6-7H2,1H3. The average Bonchev–Trinajstić information content (AvgIpc) is 2.60. The molecule has 4 rings (SSSR count). The zero-order valence-corrected chi connectivity index (χ0v) is 13.3. The molecule has 0 fully saturated rings. The first-order valence-corrected chi connectivity index (χ1v) is 7.67. The normalized spacial score (nSPS) is 13.1. The van der Waals surface area contributed by atoms with Crippen molar-refractivity contribution >= 4 is 22.4 Å². The van der Waals surface area contributed by atoms with Gasteiger partial charge in [0.05, 0.1) is 12.8 Å². The minimum atomic E-state index is 0.468. The van der Waals surface area contributed by atoms with E-state index in [0.29, 0.717) is 18.4 Å². The molecule has 0 aliphatic carbocycles. The molecule has 0 saturated carbocycles. The molecule has 0 amide bonds. The van der Waals surface area contributed by atoms with Crippen LogP contribution >= 0.6 is 11.6 Å². The van der Waals surface area contributed by atoms with E-state index >= 15 is 0 Å². The molecule has 0 bridgehead atoms. The largest absolute Gasteiger partial charge is 0.497 e. The molecular weight excluding hydrogens is 314 g/mol. The van der Waals surface area contributed by atoms with Gasteiger partial charge in [-0.05, 0) is 47.9 Å². The van der Waals surface area contributed by atoms with E-state index in [1.807, 2.05) is 42.5 Å². The third-order valence-electron chi connectivity index (χ3n) is 3.83. The van der Waals surface area contributed by atoms with Crippen LogP contribution in [0.15, 0.2) is 42.5 Å². The van der Waals surface area contributed by atoms with Gasteiger partial charge in [0.1, 0.15) is 24.1 Å². The molecule has 1 aliphatic heterocycles. The van der Waals surface area contributed by atoms with Crippen LogP contribution in [0, 0.1) is 0 Å². The summed E-state index contributed by atoms with van der Waals surface area (Å²) in [6.07, 6.45) is 0. The second-order valence-electron chi connectivity index (χ2n) is 5.24. The van der Waals surface area contributed by atoms with Gasteiger partial charge < -0.3 is 14.2 Å². The van der Waals surface area contributed by atoms with Crippen LogP contribution in [-0.4, -0.2) is 25.3 Å². The first-order chi connectivity index (χ1) is 11.2. The van der Waals surface area contributed by atoms with E-state index in [0.717, 1.165) is 39.3 Å². The van der Waals surface area contributed by atoms with Crippen LogP contribution in [0.3, 0.4) is 0 Å². The molecule has 0 spiro atoms. The van der Waals surface area contributed by atoms with Crippen LogP contribution in [0.4, 0.5) is 0 Å². The van der Waals surface area contributed by atoms with Gasteiger partial charge in [-0.2, -0.15) is 0 Å². The smallest absolute Gasteiger partial charge is 0.162 e. The summed E-state index contributed by atoms with van der Waals surface area (Å²) < 4.78 is 16.5. The van der Waals surface area contributed by atoms with Crippen LogP contribution < -0.4 is 14.2 Å². The lowest BCUT2D eigenvalue weighted by atomic mass is 10.1. The average molecular weight is 328 g/mol. The van der Waals surface area contributed by atoms with Crippen molar-refractivity contribution in [3.8, 4) is 28.5 Å². The monoisotopic (exact) mass is 327 g/mol.